The molecule has 3 heterocycles. The lowest BCUT2D eigenvalue weighted by Gasteiger charge is -2.37. The van der Waals surface area contributed by atoms with E-state index >= 15 is 0 Å². The van der Waals surface area contributed by atoms with Gasteiger partial charge < -0.3 is 15.0 Å². The highest BCUT2D eigenvalue weighted by Gasteiger charge is 2.34. The summed E-state index contributed by atoms with van der Waals surface area (Å²) in [5.41, 5.74) is 1.34. The fourth-order valence-corrected chi connectivity index (χ4v) is 5.01. The molecule has 0 unspecified atom stereocenters. The molecule has 2 amide bonds. The molecule has 1 aromatic heterocycles. The molecular formula is C17H24N8O4S. The molecule has 0 aliphatic carbocycles. The van der Waals surface area contributed by atoms with Crippen LogP contribution in [-0.2, 0) is 14.9 Å². The zero-order valence-corrected chi connectivity index (χ0v) is 17.5. The van der Waals surface area contributed by atoms with Crippen molar-refractivity contribution in [3.05, 3.63) is 30.1 Å². The summed E-state index contributed by atoms with van der Waals surface area (Å²) in [7, 11) is -3.52. The number of piperazine rings is 1. The maximum atomic E-state index is 12.7. The number of hydrogen-bond donors (Lipinski definition) is 1. The van der Waals surface area contributed by atoms with Gasteiger partial charge in [0.2, 0.25) is 0 Å². The lowest BCUT2D eigenvalue weighted by atomic mass is 10.2. The van der Waals surface area contributed by atoms with Gasteiger partial charge in [0, 0.05) is 45.0 Å². The van der Waals surface area contributed by atoms with Crippen molar-refractivity contribution in [3.8, 4) is 5.69 Å². The molecule has 30 heavy (non-hydrogen) atoms. The Morgan fingerprint density at radius 2 is 1.77 bits per heavy atom. The van der Waals surface area contributed by atoms with Crippen molar-refractivity contribution in [1.29, 1.82) is 0 Å². The SMILES string of the molecule is Cc1nnnn1-c1cccc(NC(=O)N2CCN(S(=O)(=O)N3CCOCC3)CC2)c1. The molecule has 12 nitrogen and oxygen atoms in total. The number of aromatic nitrogens is 4. The summed E-state index contributed by atoms with van der Waals surface area (Å²) in [5.74, 6) is 0.635. The van der Waals surface area contributed by atoms with Crippen LogP contribution in [0.5, 0.6) is 0 Å². The molecule has 0 atom stereocenters. The Morgan fingerprint density at radius 3 is 2.43 bits per heavy atom. The second-order valence-corrected chi connectivity index (χ2v) is 8.95. The number of anilines is 1. The third-order valence-electron chi connectivity index (χ3n) is 5.12. The van der Waals surface area contributed by atoms with E-state index in [9.17, 15) is 13.2 Å². The Labute approximate surface area is 174 Å². The fraction of sp³-hybridized carbons (Fsp3) is 0.529. The minimum atomic E-state index is -3.52. The highest BCUT2D eigenvalue weighted by Crippen LogP contribution is 2.17. The molecule has 0 spiro atoms. The standard InChI is InChI=1S/C17H24N8O4S/c1-14-19-20-21-25(14)16-4-2-3-15(13-16)18-17(26)22-5-7-23(8-6-22)30(27,28)24-9-11-29-12-10-24/h2-4,13H,5-12H2,1H3,(H,18,26). The Bertz CT molecular complexity index is 997. The van der Waals surface area contributed by atoms with Crippen molar-refractivity contribution < 1.29 is 17.9 Å². The van der Waals surface area contributed by atoms with Gasteiger partial charge in [0.1, 0.15) is 0 Å². The average Bonchev–Trinajstić information content (AvgIpc) is 3.20. The summed E-state index contributed by atoms with van der Waals surface area (Å²) >= 11 is 0. The van der Waals surface area contributed by atoms with Gasteiger partial charge in [-0.3, -0.25) is 0 Å². The normalized spacial score (nSPS) is 19.0. The summed E-state index contributed by atoms with van der Waals surface area (Å²) in [6, 6.07) is 6.93. The zero-order valence-electron chi connectivity index (χ0n) is 16.6. The molecule has 4 rings (SSSR count). The number of nitrogens with one attached hydrogen (secondary N) is 1. The first-order valence-corrected chi connectivity index (χ1v) is 11.1. The first kappa shape index (κ1) is 20.7. The molecule has 1 N–H and O–H groups in total. The Kier molecular flexibility index (Phi) is 5.94. The third kappa shape index (κ3) is 4.28. The highest BCUT2D eigenvalue weighted by molar-refractivity contribution is 7.86. The second-order valence-electron chi connectivity index (χ2n) is 7.02. The summed E-state index contributed by atoms with van der Waals surface area (Å²) in [5, 5.41) is 14.3. The summed E-state index contributed by atoms with van der Waals surface area (Å²) < 4.78 is 35.2. The number of amides is 2. The van der Waals surface area contributed by atoms with Crippen molar-refractivity contribution >= 4 is 21.9 Å². The van der Waals surface area contributed by atoms with Crippen LogP contribution in [0.25, 0.3) is 5.69 Å². The molecule has 2 saturated heterocycles. The number of morpholine rings is 1. The van der Waals surface area contributed by atoms with Crippen LogP contribution in [0.3, 0.4) is 0 Å². The van der Waals surface area contributed by atoms with Gasteiger partial charge in [0.15, 0.2) is 5.82 Å². The van der Waals surface area contributed by atoms with Crippen LogP contribution in [0.2, 0.25) is 0 Å². The van der Waals surface area contributed by atoms with Gasteiger partial charge in [-0.05, 0) is 35.5 Å². The maximum Gasteiger partial charge on any atom is 0.321 e. The van der Waals surface area contributed by atoms with Gasteiger partial charge in [-0.25, -0.2) is 4.79 Å². The van der Waals surface area contributed by atoms with Crippen LogP contribution < -0.4 is 5.32 Å². The highest BCUT2D eigenvalue weighted by atomic mass is 32.2. The quantitative estimate of drug-likeness (QED) is 0.697. The van der Waals surface area contributed by atoms with Crippen molar-refractivity contribution in [1.82, 2.24) is 33.7 Å². The number of benzene rings is 1. The fourth-order valence-electron chi connectivity index (χ4n) is 3.45. The molecular weight excluding hydrogens is 412 g/mol. The molecule has 1 aromatic carbocycles. The average molecular weight is 436 g/mol. The zero-order chi connectivity index (χ0) is 21.1. The number of tetrazole rings is 1. The van der Waals surface area contributed by atoms with Crippen LogP contribution in [0.4, 0.5) is 10.5 Å². The van der Waals surface area contributed by atoms with Crippen molar-refractivity contribution in [2.24, 2.45) is 0 Å². The number of aryl methyl sites for hydroxylation is 1. The topological polar surface area (TPSA) is 126 Å². The second kappa shape index (κ2) is 8.63. The lowest BCUT2D eigenvalue weighted by molar-refractivity contribution is 0.0691. The first-order valence-electron chi connectivity index (χ1n) is 9.69. The molecule has 0 bridgehead atoms. The minimum absolute atomic E-state index is 0.261. The summed E-state index contributed by atoms with van der Waals surface area (Å²) in [6.45, 7) is 4.49. The van der Waals surface area contributed by atoms with E-state index in [1.54, 1.807) is 34.7 Å². The van der Waals surface area contributed by atoms with E-state index in [1.165, 1.54) is 8.61 Å². The molecule has 2 aliphatic rings. The molecule has 2 aliphatic heterocycles. The van der Waals surface area contributed by atoms with E-state index in [4.69, 9.17) is 4.74 Å². The number of carbonyl (C=O) groups excluding carboxylic acids is 1. The van der Waals surface area contributed by atoms with E-state index in [2.05, 4.69) is 20.8 Å². The number of carbonyl (C=O) groups is 1. The molecule has 13 heteroatoms. The van der Waals surface area contributed by atoms with E-state index in [0.29, 0.717) is 50.9 Å². The van der Waals surface area contributed by atoms with Crippen LogP contribution in [0.1, 0.15) is 5.82 Å². The largest absolute Gasteiger partial charge is 0.379 e. The Morgan fingerprint density at radius 1 is 1.07 bits per heavy atom. The first-order chi connectivity index (χ1) is 14.4. The smallest absolute Gasteiger partial charge is 0.321 e. The van der Waals surface area contributed by atoms with Crippen LogP contribution in [0, 0.1) is 6.92 Å². The number of nitrogens with zero attached hydrogens (tertiary/aromatic N) is 7. The number of rotatable bonds is 4. The predicted octanol–water partition coefficient (Wildman–Crippen LogP) is -0.303. The van der Waals surface area contributed by atoms with E-state index in [0.717, 1.165) is 5.69 Å². The van der Waals surface area contributed by atoms with Crippen LogP contribution in [-0.4, -0.2) is 101 Å². The van der Waals surface area contributed by atoms with Crippen molar-refractivity contribution in [3.63, 3.8) is 0 Å². The summed E-state index contributed by atoms with van der Waals surface area (Å²) in [6.07, 6.45) is 0. The van der Waals surface area contributed by atoms with E-state index in [1.807, 2.05) is 6.07 Å². The van der Waals surface area contributed by atoms with E-state index in [-0.39, 0.29) is 19.1 Å². The molecule has 2 fully saturated rings. The van der Waals surface area contributed by atoms with Gasteiger partial charge in [0.05, 0.1) is 18.9 Å². The summed E-state index contributed by atoms with van der Waals surface area (Å²) in [4.78, 5) is 14.3. The van der Waals surface area contributed by atoms with Gasteiger partial charge in [-0.15, -0.1) is 5.10 Å². The van der Waals surface area contributed by atoms with Gasteiger partial charge in [0.25, 0.3) is 10.2 Å². The van der Waals surface area contributed by atoms with Crippen LogP contribution in [0.15, 0.2) is 24.3 Å². The monoisotopic (exact) mass is 436 g/mol. The molecule has 162 valence electrons. The Hall–Kier alpha value is -2.61. The molecule has 0 saturated carbocycles. The van der Waals surface area contributed by atoms with Crippen molar-refractivity contribution in [2.45, 2.75) is 6.92 Å². The third-order valence-corrected chi connectivity index (χ3v) is 7.15. The van der Waals surface area contributed by atoms with Gasteiger partial charge in [-0.2, -0.15) is 21.7 Å². The minimum Gasteiger partial charge on any atom is -0.379 e. The number of urea groups is 1. The van der Waals surface area contributed by atoms with Gasteiger partial charge in [-0.1, -0.05) is 6.07 Å². The number of hydrogen-bond acceptors (Lipinski definition) is 7. The van der Waals surface area contributed by atoms with Crippen molar-refractivity contribution in [2.75, 3.05) is 57.8 Å². The maximum absolute atomic E-state index is 12.7. The van der Waals surface area contributed by atoms with E-state index < -0.39 is 10.2 Å². The number of ether oxygens (including phenoxy) is 1. The molecule has 2 aromatic rings. The molecule has 0 radical (unpaired) electrons. The lowest BCUT2D eigenvalue weighted by Crippen LogP contribution is -2.56. The van der Waals surface area contributed by atoms with Crippen LogP contribution >= 0.6 is 0 Å². The predicted molar refractivity (Wildman–Crippen MR) is 107 cm³/mol. The Balaban J connectivity index is 1.35. The van der Waals surface area contributed by atoms with Gasteiger partial charge >= 0.3 is 6.03 Å².